The van der Waals surface area contributed by atoms with Crippen LogP contribution in [0.4, 0.5) is 0 Å². The Labute approximate surface area is 135 Å². The average molecular weight is 309 g/mol. The number of benzene rings is 2. The number of ketones is 1. The number of esters is 1. The van der Waals surface area contributed by atoms with Gasteiger partial charge >= 0.3 is 5.97 Å². The van der Waals surface area contributed by atoms with Crippen LogP contribution in [-0.2, 0) is 14.3 Å². The van der Waals surface area contributed by atoms with Crippen molar-refractivity contribution in [1.82, 2.24) is 5.32 Å². The third-order valence-electron chi connectivity index (χ3n) is 3.32. The van der Waals surface area contributed by atoms with E-state index in [1.54, 1.807) is 6.08 Å². The number of hydrogen-bond donors (Lipinski definition) is 1. The molecular formula is C19H19NO3. The van der Waals surface area contributed by atoms with E-state index in [-0.39, 0.29) is 5.57 Å². The van der Waals surface area contributed by atoms with Gasteiger partial charge in [-0.1, -0.05) is 42.5 Å². The second-order valence-electron chi connectivity index (χ2n) is 4.91. The van der Waals surface area contributed by atoms with Gasteiger partial charge in [-0.15, -0.1) is 0 Å². The van der Waals surface area contributed by atoms with Crippen molar-refractivity contribution < 1.29 is 14.3 Å². The SMILES string of the molecule is CCNC=C(C(=O)C=Cc1ccc2ccccc2c1)C(=O)OC. The highest BCUT2D eigenvalue weighted by atomic mass is 16.5. The van der Waals surface area contributed by atoms with E-state index in [1.807, 2.05) is 49.4 Å². The van der Waals surface area contributed by atoms with Crippen molar-refractivity contribution in [3.63, 3.8) is 0 Å². The van der Waals surface area contributed by atoms with Gasteiger partial charge in [0.05, 0.1) is 7.11 Å². The van der Waals surface area contributed by atoms with Crippen molar-refractivity contribution in [1.29, 1.82) is 0 Å². The van der Waals surface area contributed by atoms with Crippen LogP contribution in [0.2, 0.25) is 0 Å². The molecule has 0 atom stereocenters. The predicted octanol–water partition coefficient (Wildman–Crippen LogP) is 3.09. The zero-order valence-electron chi connectivity index (χ0n) is 13.2. The lowest BCUT2D eigenvalue weighted by atomic mass is 10.1. The molecule has 0 bridgehead atoms. The highest BCUT2D eigenvalue weighted by Gasteiger charge is 2.16. The normalized spacial score (nSPS) is 11.7. The van der Waals surface area contributed by atoms with E-state index in [0.717, 1.165) is 16.3 Å². The van der Waals surface area contributed by atoms with Gasteiger partial charge in [0.2, 0.25) is 0 Å². The van der Waals surface area contributed by atoms with Gasteiger partial charge in [0.25, 0.3) is 0 Å². The molecule has 0 saturated heterocycles. The van der Waals surface area contributed by atoms with Crippen LogP contribution in [0, 0.1) is 0 Å². The molecule has 0 unspecified atom stereocenters. The molecule has 0 aliphatic heterocycles. The maximum atomic E-state index is 12.2. The van der Waals surface area contributed by atoms with Crippen LogP contribution in [0.5, 0.6) is 0 Å². The van der Waals surface area contributed by atoms with Gasteiger partial charge in [-0.05, 0) is 35.4 Å². The van der Waals surface area contributed by atoms with Crippen LogP contribution in [-0.4, -0.2) is 25.4 Å². The number of allylic oxidation sites excluding steroid dienone is 1. The molecule has 0 aliphatic rings. The fourth-order valence-corrected chi connectivity index (χ4v) is 2.12. The predicted molar refractivity (Wildman–Crippen MR) is 91.8 cm³/mol. The molecule has 1 N–H and O–H groups in total. The van der Waals surface area contributed by atoms with Crippen LogP contribution in [0.3, 0.4) is 0 Å². The third kappa shape index (κ3) is 4.30. The van der Waals surface area contributed by atoms with E-state index < -0.39 is 11.8 Å². The number of methoxy groups -OCH3 is 1. The number of ether oxygens (including phenoxy) is 1. The number of carbonyl (C=O) groups excluding carboxylic acids is 2. The summed E-state index contributed by atoms with van der Waals surface area (Å²) in [7, 11) is 1.25. The van der Waals surface area contributed by atoms with Gasteiger partial charge in [-0.25, -0.2) is 4.79 Å². The van der Waals surface area contributed by atoms with Crippen molar-refractivity contribution in [3.05, 3.63) is 65.9 Å². The molecule has 4 heteroatoms. The smallest absolute Gasteiger partial charge is 0.343 e. The standard InChI is InChI=1S/C19H19NO3/c1-3-20-13-17(19(22)23-2)18(21)11-9-14-8-10-15-6-4-5-7-16(15)12-14/h4-13,20H,3H2,1-2H3. The molecule has 2 rings (SSSR count). The number of carbonyl (C=O) groups is 2. The second kappa shape index (κ2) is 7.94. The lowest BCUT2D eigenvalue weighted by Crippen LogP contribution is -2.17. The van der Waals surface area contributed by atoms with Crippen molar-refractivity contribution in [2.75, 3.05) is 13.7 Å². The van der Waals surface area contributed by atoms with E-state index >= 15 is 0 Å². The van der Waals surface area contributed by atoms with E-state index in [9.17, 15) is 9.59 Å². The zero-order valence-corrected chi connectivity index (χ0v) is 13.2. The fourth-order valence-electron chi connectivity index (χ4n) is 2.12. The Morgan fingerprint density at radius 2 is 1.87 bits per heavy atom. The minimum absolute atomic E-state index is 0.0219. The Balaban J connectivity index is 2.21. The van der Waals surface area contributed by atoms with Gasteiger partial charge in [0.15, 0.2) is 5.78 Å². The van der Waals surface area contributed by atoms with E-state index in [0.29, 0.717) is 6.54 Å². The van der Waals surface area contributed by atoms with E-state index in [4.69, 9.17) is 0 Å². The summed E-state index contributed by atoms with van der Waals surface area (Å²) in [6.07, 6.45) is 4.46. The molecular weight excluding hydrogens is 290 g/mol. The maximum Gasteiger partial charge on any atom is 0.343 e. The van der Waals surface area contributed by atoms with E-state index in [1.165, 1.54) is 19.4 Å². The van der Waals surface area contributed by atoms with Crippen molar-refractivity contribution in [2.24, 2.45) is 0 Å². The first-order valence-corrected chi connectivity index (χ1v) is 7.38. The number of hydrogen-bond acceptors (Lipinski definition) is 4. The summed E-state index contributed by atoms with van der Waals surface area (Å²) in [6, 6.07) is 13.9. The monoisotopic (exact) mass is 309 g/mol. The summed E-state index contributed by atoms with van der Waals surface area (Å²) >= 11 is 0. The Bertz CT molecular complexity index is 775. The number of rotatable bonds is 6. The molecule has 4 nitrogen and oxygen atoms in total. The summed E-state index contributed by atoms with van der Waals surface area (Å²) in [6.45, 7) is 2.49. The molecule has 0 saturated carbocycles. The minimum Gasteiger partial charge on any atom is -0.465 e. The quantitative estimate of drug-likeness (QED) is 0.385. The van der Waals surface area contributed by atoms with Gasteiger partial charge < -0.3 is 10.1 Å². The van der Waals surface area contributed by atoms with E-state index in [2.05, 4.69) is 10.1 Å². The van der Waals surface area contributed by atoms with Gasteiger partial charge in [0, 0.05) is 12.7 Å². The first kappa shape index (κ1) is 16.5. The zero-order chi connectivity index (χ0) is 16.7. The lowest BCUT2D eigenvalue weighted by molar-refractivity contribution is -0.137. The molecule has 23 heavy (non-hydrogen) atoms. The largest absolute Gasteiger partial charge is 0.465 e. The van der Waals surface area contributed by atoms with Crippen molar-refractivity contribution in [2.45, 2.75) is 6.92 Å². The summed E-state index contributed by atoms with van der Waals surface area (Å²) in [5, 5.41) is 5.08. The van der Waals surface area contributed by atoms with Crippen LogP contribution in [0.25, 0.3) is 16.8 Å². The molecule has 0 amide bonds. The molecule has 118 valence electrons. The fraction of sp³-hybridized carbons (Fsp3) is 0.158. The second-order valence-corrected chi connectivity index (χ2v) is 4.91. The third-order valence-corrected chi connectivity index (χ3v) is 3.32. The van der Waals surface area contributed by atoms with Crippen LogP contribution in [0.15, 0.2) is 60.3 Å². The average Bonchev–Trinajstić information content (AvgIpc) is 2.59. The molecule has 2 aromatic carbocycles. The summed E-state index contributed by atoms with van der Waals surface area (Å²) in [5.74, 6) is -1.05. The Morgan fingerprint density at radius 1 is 1.13 bits per heavy atom. The Morgan fingerprint density at radius 3 is 2.57 bits per heavy atom. The van der Waals surface area contributed by atoms with Gasteiger partial charge in [-0.2, -0.15) is 0 Å². The van der Waals surface area contributed by atoms with Crippen molar-refractivity contribution >= 4 is 28.6 Å². The Kier molecular flexibility index (Phi) is 5.69. The van der Waals surface area contributed by atoms with Crippen LogP contribution >= 0.6 is 0 Å². The highest BCUT2D eigenvalue weighted by Crippen LogP contribution is 2.16. The van der Waals surface area contributed by atoms with Gasteiger partial charge in [0.1, 0.15) is 5.57 Å². The molecule has 2 aromatic rings. The molecule has 0 radical (unpaired) electrons. The van der Waals surface area contributed by atoms with Gasteiger partial charge in [-0.3, -0.25) is 4.79 Å². The topological polar surface area (TPSA) is 55.4 Å². The lowest BCUT2D eigenvalue weighted by Gasteiger charge is -2.03. The molecule has 0 heterocycles. The van der Waals surface area contributed by atoms with Crippen LogP contribution in [0.1, 0.15) is 12.5 Å². The first-order chi connectivity index (χ1) is 11.2. The maximum absolute atomic E-state index is 12.2. The summed E-state index contributed by atoms with van der Waals surface area (Å²) in [4.78, 5) is 23.9. The molecule has 0 fully saturated rings. The number of nitrogens with one attached hydrogen (secondary N) is 1. The molecule has 0 spiro atoms. The van der Waals surface area contributed by atoms with Crippen LogP contribution < -0.4 is 5.32 Å². The highest BCUT2D eigenvalue weighted by molar-refractivity contribution is 6.22. The number of fused-ring (bicyclic) bond motifs is 1. The summed E-state index contributed by atoms with van der Waals surface area (Å²) < 4.78 is 4.64. The molecule has 0 aromatic heterocycles. The van der Waals surface area contributed by atoms with Crippen molar-refractivity contribution in [3.8, 4) is 0 Å². The summed E-state index contributed by atoms with van der Waals surface area (Å²) in [5.41, 5.74) is 0.871. The first-order valence-electron chi connectivity index (χ1n) is 7.38. The minimum atomic E-state index is -0.654. The Hall–Kier alpha value is -2.88. The molecule has 0 aliphatic carbocycles.